The summed E-state index contributed by atoms with van der Waals surface area (Å²) in [6.45, 7) is 3.46. The van der Waals surface area contributed by atoms with Crippen LogP contribution in [0.3, 0.4) is 0 Å². The number of nitrogens with two attached hydrogens (primary N) is 1. The molecule has 0 saturated heterocycles. The van der Waals surface area contributed by atoms with Gasteiger partial charge in [-0.2, -0.15) is 0 Å². The van der Waals surface area contributed by atoms with Crippen LogP contribution in [0.2, 0.25) is 0 Å². The zero-order valence-electron chi connectivity index (χ0n) is 12.0. The second-order valence-corrected chi connectivity index (χ2v) is 4.69. The Labute approximate surface area is 119 Å². The van der Waals surface area contributed by atoms with Crippen molar-refractivity contribution in [1.82, 2.24) is 9.55 Å². The van der Waals surface area contributed by atoms with E-state index >= 15 is 0 Å². The summed E-state index contributed by atoms with van der Waals surface area (Å²) < 4.78 is 13.1. The van der Waals surface area contributed by atoms with Crippen molar-refractivity contribution < 1.29 is 9.47 Å². The quantitative estimate of drug-likeness (QED) is 0.788. The molecule has 20 heavy (non-hydrogen) atoms. The van der Waals surface area contributed by atoms with Crippen LogP contribution < -0.4 is 15.2 Å². The molecule has 0 aliphatic heterocycles. The maximum absolute atomic E-state index is 5.95. The maximum Gasteiger partial charge on any atom is 0.127 e. The lowest BCUT2D eigenvalue weighted by Gasteiger charge is -2.15. The molecule has 0 saturated carbocycles. The van der Waals surface area contributed by atoms with Crippen LogP contribution >= 0.6 is 0 Å². The summed E-state index contributed by atoms with van der Waals surface area (Å²) in [5, 5.41) is 0. The fourth-order valence-corrected chi connectivity index (χ4v) is 1.99. The first-order chi connectivity index (χ1) is 9.70. The third kappa shape index (κ3) is 3.74. The van der Waals surface area contributed by atoms with Gasteiger partial charge in [-0.1, -0.05) is 6.07 Å². The van der Waals surface area contributed by atoms with Gasteiger partial charge < -0.3 is 19.8 Å². The lowest BCUT2D eigenvalue weighted by molar-refractivity contribution is 0.295. The van der Waals surface area contributed by atoms with Crippen LogP contribution in [0.5, 0.6) is 11.5 Å². The number of ether oxygens (including phenoxy) is 2. The monoisotopic (exact) mass is 275 g/mol. The predicted molar refractivity (Wildman–Crippen MR) is 77.9 cm³/mol. The Morgan fingerprint density at radius 2 is 2.25 bits per heavy atom. The molecule has 1 atom stereocenters. The lowest BCUT2D eigenvalue weighted by Crippen LogP contribution is -2.10. The number of hydrogen-bond donors (Lipinski definition) is 1. The van der Waals surface area contributed by atoms with Crippen LogP contribution in [0.4, 0.5) is 0 Å². The molecule has 2 aromatic rings. The summed E-state index contributed by atoms with van der Waals surface area (Å²) in [6.07, 6.45) is 6.43. The molecule has 1 aromatic carbocycles. The number of benzene rings is 1. The molecule has 2 N–H and O–H groups in total. The number of rotatable bonds is 7. The molecule has 0 unspecified atom stereocenters. The second-order valence-electron chi connectivity index (χ2n) is 4.69. The first-order valence-corrected chi connectivity index (χ1v) is 6.72. The van der Waals surface area contributed by atoms with Crippen LogP contribution in [0.15, 0.2) is 36.9 Å². The Balaban J connectivity index is 1.93. The summed E-state index contributed by atoms with van der Waals surface area (Å²) in [5.41, 5.74) is 6.95. The average Bonchev–Trinajstić information content (AvgIpc) is 2.96. The largest absolute Gasteiger partial charge is 0.497 e. The minimum Gasteiger partial charge on any atom is -0.497 e. The van der Waals surface area contributed by atoms with E-state index in [0.717, 1.165) is 30.0 Å². The zero-order valence-corrected chi connectivity index (χ0v) is 12.0. The van der Waals surface area contributed by atoms with E-state index in [1.807, 2.05) is 35.9 Å². The molecule has 5 heteroatoms. The number of methoxy groups -OCH3 is 1. The van der Waals surface area contributed by atoms with Gasteiger partial charge in [-0.05, 0) is 19.4 Å². The van der Waals surface area contributed by atoms with Gasteiger partial charge >= 0.3 is 0 Å². The first kappa shape index (κ1) is 14.4. The Morgan fingerprint density at radius 1 is 1.40 bits per heavy atom. The minimum atomic E-state index is -0.0652. The predicted octanol–water partition coefficient (Wildman–Crippen LogP) is 2.38. The SMILES string of the molecule is COc1ccc([C@@H](C)N)c(OCCCn2ccnc2)c1. The van der Waals surface area contributed by atoms with Crippen LogP contribution in [0.1, 0.15) is 24.9 Å². The van der Waals surface area contributed by atoms with Gasteiger partial charge in [-0.25, -0.2) is 4.98 Å². The molecule has 0 aliphatic rings. The van der Waals surface area contributed by atoms with E-state index in [4.69, 9.17) is 15.2 Å². The van der Waals surface area contributed by atoms with Gasteiger partial charge in [0.1, 0.15) is 11.5 Å². The molecule has 5 nitrogen and oxygen atoms in total. The van der Waals surface area contributed by atoms with E-state index in [0.29, 0.717) is 6.61 Å². The summed E-state index contributed by atoms with van der Waals surface area (Å²) in [7, 11) is 1.64. The van der Waals surface area contributed by atoms with E-state index in [1.54, 1.807) is 19.6 Å². The molecule has 1 aromatic heterocycles. The fourth-order valence-electron chi connectivity index (χ4n) is 1.99. The molecule has 0 fully saturated rings. The molecular formula is C15H21N3O2. The molecule has 108 valence electrons. The van der Waals surface area contributed by atoms with Crippen LogP contribution in [-0.2, 0) is 6.54 Å². The highest BCUT2D eigenvalue weighted by Crippen LogP contribution is 2.28. The Kier molecular flexibility index (Phi) is 5.01. The minimum absolute atomic E-state index is 0.0652. The third-order valence-electron chi connectivity index (χ3n) is 3.09. The van der Waals surface area contributed by atoms with Gasteiger partial charge in [-0.3, -0.25) is 0 Å². The standard InChI is InChI=1S/C15H21N3O2/c1-12(16)14-5-4-13(19-2)10-15(14)20-9-3-7-18-8-6-17-11-18/h4-6,8,10-12H,3,7,9,16H2,1-2H3/t12-/m1/s1. The Morgan fingerprint density at radius 3 is 2.90 bits per heavy atom. The highest BCUT2D eigenvalue weighted by atomic mass is 16.5. The summed E-state index contributed by atoms with van der Waals surface area (Å²) >= 11 is 0. The van der Waals surface area contributed by atoms with Crippen molar-refractivity contribution in [3.05, 3.63) is 42.5 Å². The molecular weight excluding hydrogens is 254 g/mol. The Hall–Kier alpha value is -2.01. The van der Waals surface area contributed by atoms with E-state index in [-0.39, 0.29) is 6.04 Å². The van der Waals surface area contributed by atoms with E-state index < -0.39 is 0 Å². The molecule has 0 radical (unpaired) electrons. The lowest BCUT2D eigenvalue weighted by atomic mass is 10.1. The van der Waals surface area contributed by atoms with Gasteiger partial charge in [0, 0.05) is 36.6 Å². The van der Waals surface area contributed by atoms with Gasteiger partial charge in [0.05, 0.1) is 20.0 Å². The fraction of sp³-hybridized carbons (Fsp3) is 0.400. The van der Waals surface area contributed by atoms with Crippen molar-refractivity contribution in [2.45, 2.75) is 25.9 Å². The summed E-state index contributed by atoms with van der Waals surface area (Å²) in [5.74, 6) is 1.57. The van der Waals surface area contributed by atoms with Crippen molar-refractivity contribution in [1.29, 1.82) is 0 Å². The zero-order chi connectivity index (χ0) is 14.4. The highest BCUT2D eigenvalue weighted by molar-refractivity contribution is 5.42. The van der Waals surface area contributed by atoms with E-state index in [2.05, 4.69) is 4.98 Å². The number of nitrogens with zero attached hydrogens (tertiary/aromatic N) is 2. The normalized spacial score (nSPS) is 12.2. The van der Waals surface area contributed by atoms with Crippen LogP contribution in [-0.4, -0.2) is 23.3 Å². The van der Waals surface area contributed by atoms with E-state index in [1.165, 1.54) is 0 Å². The topological polar surface area (TPSA) is 62.3 Å². The van der Waals surface area contributed by atoms with Gasteiger partial charge in [0.15, 0.2) is 0 Å². The van der Waals surface area contributed by atoms with Crippen molar-refractivity contribution in [3.8, 4) is 11.5 Å². The van der Waals surface area contributed by atoms with Crippen molar-refractivity contribution in [3.63, 3.8) is 0 Å². The number of aryl methyl sites for hydroxylation is 1. The second kappa shape index (κ2) is 6.96. The van der Waals surface area contributed by atoms with Crippen molar-refractivity contribution >= 4 is 0 Å². The Bertz CT molecular complexity index is 524. The van der Waals surface area contributed by atoms with Crippen molar-refractivity contribution in [2.75, 3.05) is 13.7 Å². The molecule has 0 spiro atoms. The smallest absolute Gasteiger partial charge is 0.127 e. The third-order valence-corrected chi connectivity index (χ3v) is 3.09. The van der Waals surface area contributed by atoms with Crippen molar-refractivity contribution in [2.24, 2.45) is 5.73 Å². The van der Waals surface area contributed by atoms with Gasteiger partial charge in [0.25, 0.3) is 0 Å². The molecule has 1 heterocycles. The first-order valence-electron chi connectivity index (χ1n) is 6.72. The number of aromatic nitrogens is 2. The molecule has 0 amide bonds. The molecule has 0 bridgehead atoms. The average molecular weight is 275 g/mol. The molecule has 0 aliphatic carbocycles. The number of imidazole rings is 1. The van der Waals surface area contributed by atoms with Crippen LogP contribution in [0, 0.1) is 0 Å². The van der Waals surface area contributed by atoms with Gasteiger partial charge in [-0.15, -0.1) is 0 Å². The van der Waals surface area contributed by atoms with Crippen LogP contribution in [0.25, 0.3) is 0 Å². The maximum atomic E-state index is 5.95. The molecule has 2 rings (SSSR count). The number of hydrogen-bond acceptors (Lipinski definition) is 4. The van der Waals surface area contributed by atoms with E-state index in [9.17, 15) is 0 Å². The summed E-state index contributed by atoms with van der Waals surface area (Å²) in [6, 6.07) is 5.67. The highest BCUT2D eigenvalue weighted by Gasteiger charge is 2.09. The summed E-state index contributed by atoms with van der Waals surface area (Å²) in [4.78, 5) is 4.01. The van der Waals surface area contributed by atoms with Gasteiger partial charge in [0.2, 0.25) is 0 Å².